The van der Waals surface area contributed by atoms with Gasteiger partial charge in [0.05, 0.1) is 5.57 Å². The average molecular weight is 447 g/mol. The molecule has 1 fully saturated rings. The fraction of sp³-hybridized carbons (Fsp3) is 0.429. The second-order valence-corrected chi connectivity index (χ2v) is 9.02. The summed E-state index contributed by atoms with van der Waals surface area (Å²) in [5, 5.41) is 0. The third-order valence-corrected chi connectivity index (χ3v) is 6.66. The first kappa shape index (κ1) is 23.2. The van der Waals surface area contributed by atoms with Gasteiger partial charge in [0.2, 0.25) is 0 Å². The Morgan fingerprint density at radius 1 is 0.939 bits per heavy atom. The van der Waals surface area contributed by atoms with Crippen LogP contribution in [0.3, 0.4) is 0 Å². The molecule has 0 atom stereocenters. The van der Waals surface area contributed by atoms with Crippen molar-refractivity contribution in [1.82, 2.24) is 9.80 Å². The molecule has 1 saturated heterocycles. The Morgan fingerprint density at radius 2 is 1.64 bits per heavy atom. The summed E-state index contributed by atoms with van der Waals surface area (Å²) in [5.41, 5.74) is 4.46. The predicted molar refractivity (Wildman–Crippen MR) is 130 cm³/mol. The molecule has 2 aliphatic heterocycles. The molecule has 2 heterocycles. The smallest absolute Gasteiger partial charge is 0.277 e. The van der Waals surface area contributed by atoms with Crippen LogP contribution in [0.2, 0.25) is 0 Å². The fourth-order valence-electron chi connectivity index (χ4n) is 4.82. The van der Waals surface area contributed by atoms with E-state index in [2.05, 4.69) is 29.2 Å². The number of hydrogen-bond donors (Lipinski definition) is 0. The standard InChI is InChI=1S/C28H34N2O3/c1-3-33-19-7-16-30-27(31)25(24-12-10-21(2)11-13-24)26(28(30)32)29-17-14-23(15-18-29)20-22-8-5-4-6-9-22/h4-6,8-13,23H,3,7,14-20H2,1-2H3. The summed E-state index contributed by atoms with van der Waals surface area (Å²) in [6.07, 6.45) is 3.75. The Labute approximate surface area is 197 Å². The highest BCUT2D eigenvalue weighted by molar-refractivity contribution is 6.35. The number of imide groups is 1. The van der Waals surface area contributed by atoms with Crippen LogP contribution in [0, 0.1) is 12.8 Å². The molecule has 33 heavy (non-hydrogen) atoms. The molecule has 0 aliphatic carbocycles. The Balaban J connectivity index is 1.52. The number of rotatable bonds is 9. The maximum absolute atomic E-state index is 13.5. The molecule has 4 rings (SSSR count). The van der Waals surface area contributed by atoms with Crippen LogP contribution in [0.1, 0.15) is 42.9 Å². The zero-order valence-corrected chi connectivity index (χ0v) is 19.8. The number of amides is 2. The quantitative estimate of drug-likeness (QED) is 0.422. The van der Waals surface area contributed by atoms with Crippen molar-refractivity contribution >= 4 is 17.4 Å². The van der Waals surface area contributed by atoms with Crippen LogP contribution in [-0.4, -0.2) is 54.5 Å². The molecule has 0 N–H and O–H groups in total. The number of piperidine rings is 1. The molecule has 0 saturated carbocycles. The van der Waals surface area contributed by atoms with E-state index in [0.717, 1.165) is 43.5 Å². The third kappa shape index (κ3) is 5.36. The molecule has 0 bridgehead atoms. The molecule has 5 nitrogen and oxygen atoms in total. The number of ether oxygens (including phenoxy) is 1. The van der Waals surface area contributed by atoms with Crippen LogP contribution >= 0.6 is 0 Å². The lowest BCUT2D eigenvalue weighted by Crippen LogP contribution is -2.39. The summed E-state index contributed by atoms with van der Waals surface area (Å²) in [7, 11) is 0. The van der Waals surface area contributed by atoms with Crippen molar-refractivity contribution in [2.75, 3.05) is 32.8 Å². The van der Waals surface area contributed by atoms with Crippen molar-refractivity contribution in [2.45, 2.75) is 39.5 Å². The molecule has 2 aliphatic rings. The molecule has 0 spiro atoms. The van der Waals surface area contributed by atoms with Crippen LogP contribution in [-0.2, 0) is 20.7 Å². The van der Waals surface area contributed by atoms with Crippen molar-refractivity contribution in [3.8, 4) is 0 Å². The summed E-state index contributed by atoms with van der Waals surface area (Å²) in [6.45, 7) is 7.15. The number of hydrogen-bond acceptors (Lipinski definition) is 4. The minimum absolute atomic E-state index is 0.159. The predicted octanol–water partition coefficient (Wildman–Crippen LogP) is 4.46. The first-order chi connectivity index (χ1) is 16.1. The molecule has 174 valence electrons. The van der Waals surface area contributed by atoms with Crippen LogP contribution in [0.25, 0.3) is 5.57 Å². The number of carbonyl (C=O) groups is 2. The van der Waals surface area contributed by atoms with E-state index in [1.165, 1.54) is 10.5 Å². The number of nitrogens with zero attached hydrogens (tertiary/aromatic N) is 2. The molecular weight excluding hydrogens is 412 g/mol. The largest absolute Gasteiger partial charge is 0.382 e. The molecule has 2 aromatic rings. The van der Waals surface area contributed by atoms with Gasteiger partial charge in [-0.1, -0.05) is 60.2 Å². The summed E-state index contributed by atoms with van der Waals surface area (Å²) in [5.74, 6) is 0.261. The molecule has 0 unspecified atom stereocenters. The van der Waals surface area contributed by atoms with Gasteiger partial charge in [0, 0.05) is 32.8 Å². The normalized spacial score (nSPS) is 17.4. The van der Waals surface area contributed by atoms with E-state index in [4.69, 9.17) is 4.74 Å². The van der Waals surface area contributed by atoms with Gasteiger partial charge < -0.3 is 9.64 Å². The van der Waals surface area contributed by atoms with Gasteiger partial charge in [0.15, 0.2) is 0 Å². The number of likely N-dealkylation sites (tertiary alicyclic amines) is 1. The Bertz CT molecular complexity index is 990. The molecule has 0 aromatic heterocycles. The van der Waals surface area contributed by atoms with Crippen molar-refractivity contribution in [2.24, 2.45) is 5.92 Å². The lowest BCUT2D eigenvalue weighted by atomic mass is 9.89. The summed E-state index contributed by atoms with van der Waals surface area (Å²) in [4.78, 5) is 30.4. The molecule has 5 heteroatoms. The van der Waals surface area contributed by atoms with E-state index in [-0.39, 0.29) is 11.8 Å². The summed E-state index contributed by atoms with van der Waals surface area (Å²) < 4.78 is 5.42. The number of aryl methyl sites for hydroxylation is 1. The van der Waals surface area contributed by atoms with Crippen molar-refractivity contribution in [1.29, 1.82) is 0 Å². The lowest BCUT2D eigenvalue weighted by Gasteiger charge is -2.34. The molecule has 2 aromatic carbocycles. The zero-order chi connectivity index (χ0) is 23.2. The first-order valence-electron chi connectivity index (χ1n) is 12.1. The van der Waals surface area contributed by atoms with E-state index in [0.29, 0.717) is 43.4 Å². The van der Waals surface area contributed by atoms with Crippen molar-refractivity contribution in [3.63, 3.8) is 0 Å². The fourth-order valence-corrected chi connectivity index (χ4v) is 4.82. The first-order valence-corrected chi connectivity index (χ1v) is 12.1. The summed E-state index contributed by atoms with van der Waals surface area (Å²) in [6, 6.07) is 18.5. The van der Waals surface area contributed by atoms with Gasteiger partial charge in [-0.3, -0.25) is 14.5 Å². The molecule has 2 amide bonds. The van der Waals surface area contributed by atoms with Gasteiger partial charge in [0.25, 0.3) is 11.8 Å². The second-order valence-electron chi connectivity index (χ2n) is 9.02. The topological polar surface area (TPSA) is 49.9 Å². The highest BCUT2D eigenvalue weighted by Crippen LogP contribution is 2.34. The van der Waals surface area contributed by atoms with Gasteiger partial charge in [0.1, 0.15) is 5.70 Å². The van der Waals surface area contributed by atoms with E-state index in [9.17, 15) is 9.59 Å². The molecule has 0 radical (unpaired) electrons. The zero-order valence-electron chi connectivity index (χ0n) is 19.8. The van der Waals surface area contributed by atoms with Gasteiger partial charge in [-0.05, 0) is 56.6 Å². The van der Waals surface area contributed by atoms with E-state index in [1.54, 1.807) is 0 Å². The monoisotopic (exact) mass is 446 g/mol. The van der Waals surface area contributed by atoms with E-state index < -0.39 is 0 Å². The average Bonchev–Trinajstić information content (AvgIpc) is 3.08. The lowest BCUT2D eigenvalue weighted by molar-refractivity contribution is -0.137. The van der Waals surface area contributed by atoms with Crippen LogP contribution < -0.4 is 0 Å². The Kier molecular flexibility index (Phi) is 7.61. The number of carbonyl (C=O) groups excluding carboxylic acids is 2. The number of benzene rings is 2. The van der Waals surface area contributed by atoms with E-state index >= 15 is 0 Å². The highest BCUT2D eigenvalue weighted by Gasteiger charge is 2.41. The Morgan fingerprint density at radius 3 is 2.30 bits per heavy atom. The molecular formula is C28H34N2O3. The summed E-state index contributed by atoms with van der Waals surface area (Å²) >= 11 is 0. The second kappa shape index (κ2) is 10.8. The maximum Gasteiger partial charge on any atom is 0.277 e. The van der Waals surface area contributed by atoms with Gasteiger partial charge in [-0.15, -0.1) is 0 Å². The van der Waals surface area contributed by atoms with Gasteiger partial charge in [-0.2, -0.15) is 0 Å². The van der Waals surface area contributed by atoms with Crippen molar-refractivity contribution in [3.05, 3.63) is 77.0 Å². The van der Waals surface area contributed by atoms with Gasteiger partial charge in [-0.25, -0.2) is 0 Å². The van der Waals surface area contributed by atoms with Crippen LogP contribution in [0.4, 0.5) is 0 Å². The minimum atomic E-state index is -0.179. The minimum Gasteiger partial charge on any atom is -0.382 e. The Hall–Kier alpha value is -2.92. The van der Waals surface area contributed by atoms with Crippen molar-refractivity contribution < 1.29 is 14.3 Å². The van der Waals surface area contributed by atoms with Crippen LogP contribution in [0.5, 0.6) is 0 Å². The van der Waals surface area contributed by atoms with E-state index in [1.807, 2.05) is 44.2 Å². The SMILES string of the molecule is CCOCCCN1C(=O)C(c2ccc(C)cc2)=C(N2CCC(Cc3ccccc3)CC2)C1=O. The highest BCUT2D eigenvalue weighted by atomic mass is 16.5. The van der Waals surface area contributed by atoms with Crippen LogP contribution in [0.15, 0.2) is 60.3 Å². The van der Waals surface area contributed by atoms with Gasteiger partial charge >= 0.3 is 0 Å². The third-order valence-electron chi connectivity index (χ3n) is 6.66. The maximum atomic E-state index is 13.5.